The van der Waals surface area contributed by atoms with Gasteiger partial charge in [0.1, 0.15) is 0 Å². The van der Waals surface area contributed by atoms with E-state index in [1.807, 2.05) is 6.07 Å². The van der Waals surface area contributed by atoms with Crippen LogP contribution in [0.3, 0.4) is 0 Å². The lowest BCUT2D eigenvalue weighted by Gasteiger charge is -2.45. The molecule has 0 bridgehead atoms. The second-order valence-electron chi connectivity index (χ2n) is 5.50. The fourth-order valence-electron chi connectivity index (χ4n) is 3.26. The Hall–Kier alpha value is -1.22. The lowest BCUT2D eigenvalue weighted by atomic mass is 9.89. The maximum absolute atomic E-state index is 5.92. The SMILES string of the molecule is Cc1cc(N2CCOC3CCCCC32)ccc1N. The predicted octanol–water partition coefficient (Wildman–Crippen LogP) is 2.73. The monoisotopic (exact) mass is 246 g/mol. The average Bonchev–Trinajstić information content (AvgIpc) is 2.41. The van der Waals surface area contributed by atoms with Crippen LogP contribution in [0.25, 0.3) is 0 Å². The van der Waals surface area contributed by atoms with Crippen molar-refractivity contribution >= 4 is 11.4 Å². The molecular formula is C15H22N2O. The van der Waals surface area contributed by atoms with Gasteiger partial charge in [-0.05, 0) is 43.5 Å². The lowest BCUT2D eigenvalue weighted by Crippen LogP contribution is -2.52. The van der Waals surface area contributed by atoms with Gasteiger partial charge in [-0.25, -0.2) is 0 Å². The fourth-order valence-corrected chi connectivity index (χ4v) is 3.26. The van der Waals surface area contributed by atoms with Crippen LogP contribution in [0.4, 0.5) is 11.4 Å². The van der Waals surface area contributed by atoms with Crippen LogP contribution in [-0.4, -0.2) is 25.3 Å². The van der Waals surface area contributed by atoms with E-state index in [9.17, 15) is 0 Å². The molecule has 3 nitrogen and oxygen atoms in total. The number of fused-ring (bicyclic) bond motifs is 1. The zero-order valence-electron chi connectivity index (χ0n) is 11.1. The molecule has 1 aromatic carbocycles. The van der Waals surface area contributed by atoms with Gasteiger partial charge >= 0.3 is 0 Å². The lowest BCUT2D eigenvalue weighted by molar-refractivity contribution is -0.00867. The van der Waals surface area contributed by atoms with Crippen LogP contribution >= 0.6 is 0 Å². The molecule has 2 N–H and O–H groups in total. The van der Waals surface area contributed by atoms with Crippen molar-refractivity contribution in [2.75, 3.05) is 23.8 Å². The third-order valence-corrected chi connectivity index (χ3v) is 4.32. The van der Waals surface area contributed by atoms with Crippen LogP contribution in [0.1, 0.15) is 31.2 Å². The first-order valence-electron chi connectivity index (χ1n) is 7.00. The van der Waals surface area contributed by atoms with Crippen molar-refractivity contribution in [1.29, 1.82) is 0 Å². The van der Waals surface area contributed by atoms with Gasteiger partial charge in [0.15, 0.2) is 0 Å². The number of ether oxygens (including phenoxy) is 1. The second-order valence-corrected chi connectivity index (χ2v) is 5.50. The maximum Gasteiger partial charge on any atom is 0.0779 e. The Morgan fingerprint density at radius 1 is 1.28 bits per heavy atom. The molecule has 3 rings (SSSR count). The molecule has 1 aliphatic heterocycles. The molecule has 2 aliphatic rings. The Morgan fingerprint density at radius 2 is 2.11 bits per heavy atom. The van der Waals surface area contributed by atoms with E-state index in [2.05, 4.69) is 24.0 Å². The van der Waals surface area contributed by atoms with E-state index < -0.39 is 0 Å². The summed E-state index contributed by atoms with van der Waals surface area (Å²) in [4.78, 5) is 2.53. The van der Waals surface area contributed by atoms with Gasteiger partial charge in [-0.1, -0.05) is 12.8 Å². The van der Waals surface area contributed by atoms with E-state index in [1.54, 1.807) is 0 Å². The molecule has 18 heavy (non-hydrogen) atoms. The van der Waals surface area contributed by atoms with Crippen molar-refractivity contribution in [3.63, 3.8) is 0 Å². The third kappa shape index (κ3) is 2.07. The molecule has 0 radical (unpaired) electrons. The maximum atomic E-state index is 5.92. The van der Waals surface area contributed by atoms with Crippen molar-refractivity contribution in [3.8, 4) is 0 Å². The second kappa shape index (κ2) is 4.81. The number of rotatable bonds is 1. The first kappa shape index (κ1) is 11.8. The molecule has 2 atom stereocenters. The summed E-state index contributed by atoms with van der Waals surface area (Å²) >= 11 is 0. The minimum absolute atomic E-state index is 0.436. The number of hydrogen-bond donors (Lipinski definition) is 1. The molecule has 0 amide bonds. The zero-order valence-corrected chi connectivity index (χ0v) is 11.1. The average molecular weight is 246 g/mol. The summed E-state index contributed by atoms with van der Waals surface area (Å²) in [5.41, 5.74) is 9.27. The quantitative estimate of drug-likeness (QED) is 0.774. The van der Waals surface area contributed by atoms with Gasteiger partial charge in [0.25, 0.3) is 0 Å². The first-order valence-corrected chi connectivity index (χ1v) is 7.00. The Bertz CT molecular complexity index is 431. The standard InChI is InChI=1S/C15H22N2O/c1-11-10-12(6-7-13(11)16)17-8-9-18-15-5-3-2-4-14(15)17/h6-7,10,14-15H,2-5,8-9,16H2,1H3. The predicted molar refractivity (Wildman–Crippen MR) is 74.9 cm³/mol. The molecule has 98 valence electrons. The number of nitrogen functional groups attached to an aromatic ring is 1. The number of hydrogen-bond acceptors (Lipinski definition) is 3. The van der Waals surface area contributed by atoms with Crippen LogP contribution in [0.2, 0.25) is 0 Å². The van der Waals surface area contributed by atoms with Gasteiger partial charge < -0.3 is 15.4 Å². The summed E-state index contributed by atoms with van der Waals surface area (Å²) in [5.74, 6) is 0. The Kier molecular flexibility index (Phi) is 3.16. The van der Waals surface area contributed by atoms with Gasteiger partial charge in [-0.2, -0.15) is 0 Å². The van der Waals surface area contributed by atoms with Gasteiger partial charge in [-0.3, -0.25) is 0 Å². The van der Waals surface area contributed by atoms with E-state index in [0.717, 1.165) is 18.8 Å². The highest BCUT2D eigenvalue weighted by Gasteiger charge is 2.34. The number of nitrogens with zero attached hydrogens (tertiary/aromatic N) is 1. The van der Waals surface area contributed by atoms with Gasteiger partial charge in [-0.15, -0.1) is 0 Å². The number of morpholine rings is 1. The number of anilines is 2. The number of benzene rings is 1. The summed E-state index contributed by atoms with van der Waals surface area (Å²) in [5, 5.41) is 0. The molecule has 2 fully saturated rings. The van der Waals surface area contributed by atoms with Gasteiger partial charge in [0, 0.05) is 17.9 Å². The van der Waals surface area contributed by atoms with Crippen LogP contribution in [0.5, 0.6) is 0 Å². The molecule has 1 aromatic rings. The molecular weight excluding hydrogens is 224 g/mol. The summed E-state index contributed by atoms with van der Waals surface area (Å²) in [6, 6.07) is 6.96. The summed E-state index contributed by atoms with van der Waals surface area (Å²) in [6.07, 6.45) is 5.55. The van der Waals surface area contributed by atoms with Crippen LogP contribution in [-0.2, 0) is 4.74 Å². The normalized spacial score (nSPS) is 27.9. The molecule has 1 aliphatic carbocycles. The van der Waals surface area contributed by atoms with Crippen LogP contribution in [0, 0.1) is 6.92 Å². The van der Waals surface area contributed by atoms with E-state index in [0.29, 0.717) is 12.1 Å². The molecule has 0 aromatic heterocycles. The highest BCUT2D eigenvalue weighted by atomic mass is 16.5. The van der Waals surface area contributed by atoms with E-state index in [4.69, 9.17) is 10.5 Å². The van der Waals surface area contributed by atoms with E-state index in [1.165, 1.54) is 36.9 Å². The summed E-state index contributed by atoms with van der Waals surface area (Å²) in [7, 11) is 0. The number of nitrogens with two attached hydrogens (primary N) is 1. The van der Waals surface area contributed by atoms with E-state index >= 15 is 0 Å². The Labute approximate surface area is 109 Å². The summed E-state index contributed by atoms with van der Waals surface area (Å²) < 4.78 is 5.92. The minimum atomic E-state index is 0.436. The molecule has 1 saturated heterocycles. The topological polar surface area (TPSA) is 38.5 Å². The van der Waals surface area contributed by atoms with Crippen molar-refractivity contribution in [2.45, 2.75) is 44.8 Å². The molecule has 1 saturated carbocycles. The molecule has 1 heterocycles. The molecule has 2 unspecified atom stereocenters. The van der Waals surface area contributed by atoms with Crippen LogP contribution in [0.15, 0.2) is 18.2 Å². The fraction of sp³-hybridized carbons (Fsp3) is 0.600. The molecule has 0 spiro atoms. The van der Waals surface area contributed by atoms with E-state index in [-0.39, 0.29) is 0 Å². The molecule has 3 heteroatoms. The minimum Gasteiger partial charge on any atom is -0.399 e. The highest BCUT2D eigenvalue weighted by molar-refractivity contribution is 5.58. The van der Waals surface area contributed by atoms with Crippen LogP contribution < -0.4 is 10.6 Å². The number of aryl methyl sites for hydroxylation is 1. The Balaban J connectivity index is 1.87. The van der Waals surface area contributed by atoms with Crippen molar-refractivity contribution in [3.05, 3.63) is 23.8 Å². The Morgan fingerprint density at radius 3 is 2.94 bits per heavy atom. The van der Waals surface area contributed by atoms with Gasteiger partial charge in [0.05, 0.1) is 18.8 Å². The first-order chi connectivity index (χ1) is 8.75. The largest absolute Gasteiger partial charge is 0.399 e. The van der Waals surface area contributed by atoms with Gasteiger partial charge in [0.2, 0.25) is 0 Å². The highest BCUT2D eigenvalue weighted by Crippen LogP contribution is 2.32. The summed E-state index contributed by atoms with van der Waals surface area (Å²) in [6.45, 7) is 3.94. The van der Waals surface area contributed by atoms with Crippen molar-refractivity contribution in [1.82, 2.24) is 0 Å². The van der Waals surface area contributed by atoms with Crippen molar-refractivity contribution < 1.29 is 4.74 Å². The smallest absolute Gasteiger partial charge is 0.0779 e. The van der Waals surface area contributed by atoms with Crippen molar-refractivity contribution in [2.24, 2.45) is 0 Å². The third-order valence-electron chi connectivity index (χ3n) is 4.32. The zero-order chi connectivity index (χ0) is 12.5.